The van der Waals surface area contributed by atoms with Gasteiger partial charge in [-0.25, -0.2) is 0 Å². The molecule has 1 N–H and O–H groups in total. The van der Waals surface area contributed by atoms with Crippen LogP contribution in [-0.4, -0.2) is 51.4 Å². The number of ether oxygens (including phenoxy) is 3. The van der Waals surface area contributed by atoms with E-state index in [0.717, 1.165) is 62.0 Å². The fourth-order valence-electron chi connectivity index (χ4n) is 2.71. The van der Waals surface area contributed by atoms with E-state index in [1.54, 1.807) is 7.11 Å². The van der Waals surface area contributed by atoms with E-state index in [4.69, 9.17) is 14.2 Å². The molecule has 1 aromatic carbocycles. The van der Waals surface area contributed by atoms with Crippen molar-refractivity contribution in [1.29, 1.82) is 0 Å². The highest BCUT2D eigenvalue weighted by Crippen LogP contribution is 2.39. The maximum absolute atomic E-state index is 5.92. The van der Waals surface area contributed by atoms with Crippen molar-refractivity contribution in [3.05, 3.63) is 17.7 Å². The lowest BCUT2D eigenvalue weighted by Gasteiger charge is -2.28. The SMILES string of the molecule is COc1ccc2c(c1CN1CCNCC1)OCCCO2. The van der Waals surface area contributed by atoms with Crippen LogP contribution >= 0.6 is 0 Å². The molecule has 0 bridgehead atoms. The molecule has 0 saturated carbocycles. The molecule has 20 heavy (non-hydrogen) atoms. The van der Waals surface area contributed by atoms with Gasteiger partial charge in [0.2, 0.25) is 0 Å². The standard InChI is InChI=1S/C15H22N2O3/c1-18-13-3-4-14-15(20-10-2-9-19-14)12(13)11-17-7-5-16-6-8-17/h3-4,16H,2,5-11H2,1H3. The van der Waals surface area contributed by atoms with E-state index in [0.29, 0.717) is 13.2 Å². The van der Waals surface area contributed by atoms with Gasteiger partial charge < -0.3 is 19.5 Å². The number of benzene rings is 1. The summed E-state index contributed by atoms with van der Waals surface area (Å²) >= 11 is 0. The molecular formula is C15H22N2O3. The molecule has 0 spiro atoms. The first kappa shape index (κ1) is 13.5. The summed E-state index contributed by atoms with van der Waals surface area (Å²) in [7, 11) is 1.71. The summed E-state index contributed by atoms with van der Waals surface area (Å²) in [5, 5.41) is 3.37. The second-order valence-corrected chi connectivity index (χ2v) is 5.15. The number of nitrogens with zero attached hydrogens (tertiary/aromatic N) is 1. The van der Waals surface area contributed by atoms with Crippen molar-refractivity contribution in [3.8, 4) is 17.2 Å². The van der Waals surface area contributed by atoms with Gasteiger partial charge in [0.25, 0.3) is 0 Å². The van der Waals surface area contributed by atoms with Gasteiger partial charge in [-0.2, -0.15) is 0 Å². The van der Waals surface area contributed by atoms with Gasteiger partial charge in [-0.15, -0.1) is 0 Å². The lowest BCUT2D eigenvalue weighted by Crippen LogP contribution is -2.43. The molecule has 0 aromatic heterocycles. The number of nitrogens with one attached hydrogen (secondary N) is 1. The lowest BCUT2D eigenvalue weighted by atomic mass is 10.1. The molecule has 0 aliphatic carbocycles. The zero-order chi connectivity index (χ0) is 13.8. The lowest BCUT2D eigenvalue weighted by molar-refractivity contribution is 0.224. The zero-order valence-electron chi connectivity index (χ0n) is 12.0. The number of rotatable bonds is 3. The quantitative estimate of drug-likeness (QED) is 0.902. The van der Waals surface area contributed by atoms with E-state index in [2.05, 4.69) is 10.2 Å². The summed E-state index contributed by atoms with van der Waals surface area (Å²) in [6.45, 7) is 6.43. The smallest absolute Gasteiger partial charge is 0.169 e. The van der Waals surface area contributed by atoms with Crippen LogP contribution in [0.15, 0.2) is 12.1 Å². The molecule has 3 rings (SSSR count). The Hall–Kier alpha value is -1.46. The summed E-state index contributed by atoms with van der Waals surface area (Å²) in [5.41, 5.74) is 1.11. The van der Waals surface area contributed by atoms with E-state index < -0.39 is 0 Å². The Labute approximate surface area is 119 Å². The van der Waals surface area contributed by atoms with Crippen molar-refractivity contribution in [3.63, 3.8) is 0 Å². The minimum Gasteiger partial charge on any atom is -0.496 e. The first-order valence-electron chi connectivity index (χ1n) is 7.27. The molecule has 2 heterocycles. The van der Waals surface area contributed by atoms with Crippen LogP contribution in [-0.2, 0) is 6.54 Å². The normalized spacial score (nSPS) is 19.4. The van der Waals surface area contributed by atoms with Crippen molar-refractivity contribution >= 4 is 0 Å². The Bertz CT molecular complexity index is 459. The molecule has 110 valence electrons. The first-order valence-corrected chi connectivity index (χ1v) is 7.27. The molecule has 0 unspecified atom stereocenters. The Morgan fingerprint density at radius 2 is 2.00 bits per heavy atom. The summed E-state index contributed by atoms with van der Waals surface area (Å²) < 4.78 is 17.2. The second kappa shape index (κ2) is 6.33. The van der Waals surface area contributed by atoms with Crippen molar-refractivity contribution in [1.82, 2.24) is 10.2 Å². The Balaban J connectivity index is 1.89. The van der Waals surface area contributed by atoms with Crippen LogP contribution < -0.4 is 19.5 Å². The highest BCUT2D eigenvalue weighted by Gasteiger charge is 2.21. The highest BCUT2D eigenvalue weighted by atomic mass is 16.5. The van der Waals surface area contributed by atoms with E-state index in [9.17, 15) is 0 Å². The molecule has 0 amide bonds. The number of fused-ring (bicyclic) bond motifs is 1. The van der Waals surface area contributed by atoms with Crippen LogP contribution in [0.25, 0.3) is 0 Å². The maximum Gasteiger partial charge on any atom is 0.169 e. The van der Waals surface area contributed by atoms with Gasteiger partial charge >= 0.3 is 0 Å². The predicted octanol–water partition coefficient (Wildman–Crippen LogP) is 1.26. The Kier molecular flexibility index (Phi) is 4.28. The van der Waals surface area contributed by atoms with Crippen LogP contribution in [0.1, 0.15) is 12.0 Å². The Morgan fingerprint density at radius 3 is 2.80 bits per heavy atom. The van der Waals surface area contributed by atoms with Crippen LogP contribution in [0.4, 0.5) is 0 Å². The third-order valence-electron chi connectivity index (χ3n) is 3.79. The van der Waals surface area contributed by atoms with E-state index in [1.165, 1.54) is 0 Å². The zero-order valence-corrected chi connectivity index (χ0v) is 12.0. The van der Waals surface area contributed by atoms with Crippen molar-refractivity contribution < 1.29 is 14.2 Å². The van der Waals surface area contributed by atoms with Gasteiger partial charge in [-0.1, -0.05) is 0 Å². The minimum atomic E-state index is 0.703. The monoisotopic (exact) mass is 278 g/mol. The third kappa shape index (κ3) is 2.83. The van der Waals surface area contributed by atoms with Gasteiger partial charge in [0, 0.05) is 39.1 Å². The number of hydrogen-bond acceptors (Lipinski definition) is 5. The Morgan fingerprint density at radius 1 is 1.20 bits per heavy atom. The van der Waals surface area contributed by atoms with Crippen LogP contribution in [0, 0.1) is 0 Å². The average molecular weight is 278 g/mol. The summed E-state index contributed by atoms with van der Waals surface area (Å²) in [5.74, 6) is 2.58. The highest BCUT2D eigenvalue weighted by molar-refractivity contribution is 5.54. The minimum absolute atomic E-state index is 0.703. The van der Waals surface area contributed by atoms with Crippen molar-refractivity contribution in [2.24, 2.45) is 0 Å². The molecule has 0 radical (unpaired) electrons. The molecule has 0 atom stereocenters. The second-order valence-electron chi connectivity index (χ2n) is 5.15. The molecule has 2 aliphatic heterocycles. The van der Waals surface area contributed by atoms with E-state index >= 15 is 0 Å². The molecule has 2 aliphatic rings. The summed E-state index contributed by atoms with van der Waals surface area (Å²) in [6, 6.07) is 3.92. The fraction of sp³-hybridized carbons (Fsp3) is 0.600. The number of hydrogen-bond donors (Lipinski definition) is 1. The summed E-state index contributed by atoms with van der Waals surface area (Å²) in [6.07, 6.45) is 0.921. The number of piperazine rings is 1. The molecule has 5 nitrogen and oxygen atoms in total. The van der Waals surface area contributed by atoms with Crippen molar-refractivity contribution in [2.75, 3.05) is 46.5 Å². The predicted molar refractivity (Wildman–Crippen MR) is 76.7 cm³/mol. The van der Waals surface area contributed by atoms with Gasteiger partial charge in [0.15, 0.2) is 11.5 Å². The average Bonchev–Trinajstić information content (AvgIpc) is 2.74. The topological polar surface area (TPSA) is 43.0 Å². The third-order valence-corrected chi connectivity index (χ3v) is 3.79. The number of methoxy groups -OCH3 is 1. The van der Waals surface area contributed by atoms with Crippen LogP contribution in [0.3, 0.4) is 0 Å². The fourth-order valence-corrected chi connectivity index (χ4v) is 2.71. The molecular weight excluding hydrogens is 256 g/mol. The van der Waals surface area contributed by atoms with Crippen LogP contribution in [0.5, 0.6) is 17.2 Å². The van der Waals surface area contributed by atoms with Gasteiger partial charge in [0.05, 0.1) is 25.9 Å². The largest absolute Gasteiger partial charge is 0.496 e. The molecule has 1 saturated heterocycles. The summed E-state index contributed by atoms with van der Waals surface area (Å²) in [4.78, 5) is 2.42. The van der Waals surface area contributed by atoms with E-state index in [1.807, 2.05) is 12.1 Å². The molecule has 1 fully saturated rings. The first-order chi connectivity index (χ1) is 9.88. The van der Waals surface area contributed by atoms with Crippen LogP contribution in [0.2, 0.25) is 0 Å². The van der Waals surface area contributed by atoms with Crippen molar-refractivity contribution in [2.45, 2.75) is 13.0 Å². The van der Waals surface area contributed by atoms with Gasteiger partial charge in [0.1, 0.15) is 5.75 Å². The maximum atomic E-state index is 5.92. The molecule has 1 aromatic rings. The molecule has 5 heteroatoms. The van der Waals surface area contributed by atoms with E-state index in [-0.39, 0.29) is 0 Å². The van der Waals surface area contributed by atoms with Gasteiger partial charge in [-0.05, 0) is 12.1 Å². The van der Waals surface area contributed by atoms with Gasteiger partial charge in [-0.3, -0.25) is 4.90 Å².